The van der Waals surface area contributed by atoms with E-state index in [2.05, 4.69) is 21.6 Å². The zero-order valence-electron chi connectivity index (χ0n) is 8.93. The molecule has 0 saturated heterocycles. The summed E-state index contributed by atoms with van der Waals surface area (Å²) < 4.78 is 1.91. The van der Waals surface area contributed by atoms with Crippen molar-refractivity contribution in [1.82, 2.24) is 19.7 Å². The van der Waals surface area contributed by atoms with E-state index < -0.39 is 0 Å². The van der Waals surface area contributed by atoms with Crippen LogP contribution in [-0.2, 0) is 6.54 Å². The molecule has 0 aliphatic heterocycles. The number of allylic oxidation sites excluding steroid dienone is 1. The van der Waals surface area contributed by atoms with Crippen LogP contribution in [0.25, 0.3) is 11.0 Å². The molecular weight excluding hydrogens is 202 g/mol. The minimum atomic E-state index is 0.495. The molecular formula is C11H13N5. The SMILES string of the molecule is C=C1CC(Cn2ncc3c(N)ncnc32)C1. The van der Waals surface area contributed by atoms with E-state index in [-0.39, 0.29) is 0 Å². The second-order valence-electron chi connectivity index (χ2n) is 4.35. The van der Waals surface area contributed by atoms with Gasteiger partial charge in [-0.3, -0.25) is 0 Å². The fourth-order valence-corrected chi connectivity index (χ4v) is 2.18. The van der Waals surface area contributed by atoms with Crippen molar-refractivity contribution in [2.24, 2.45) is 5.92 Å². The van der Waals surface area contributed by atoms with Crippen LogP contribution in [0.1, 0.15) is 12.8 Å². The van der Waals surface area contributed by atoms with Gasteiger partial charge in [0.15, 0.2) is 5.65 Å². The number of nitrogens with zero attached hydrogens (tertiary/aromatic N) is 4. The van der Waals surface area contributed by atoms with Gasteiger partial charge < -0.3 is 5.73 Å². The van der Waals surface area contributed by atoms with Crippen molar-refractivity contribution in [2.45, 2.75) is 19.4 Å². The Morgan fingerprint density at radius 3 is 3.00 bits per heavy atom. The lowest BCUT2D eigenvalue weighted by atomic mass is 9.81. The van der Waals surface area contributed by atoms with Gasteiger partial charge in [-0.1, -0.05) is 12.2 Å². The van der Waals surface area contributed by atoms with Crippen molar-refractivity contribution in [1.29, 1.82) is 0 Å². The molecule has 1 aliphatic rings. The number of hydrogen-bond donors (Lipinski definition) is 1. The van der Waals surface area contributed by atoms with E-state index in [1.807, 2.05) is 4.68 Å². The van der Waals surface area contributed by atoms with E-state index in [9.17, 15) is 0 Å². The summed E-state index contributed by atoms with van der Waals surface area (Å²) in [5.74, 6) is 1.14. The normalized spacial score (nSPS) is 16.6. The van der Waals surface area contributed by atoms with Gasteiger partial charge in [-0.2, -0.15) is 5.10 Å². The second kappa shape index (κ2) is 3.30. The lowest BCUT2D eigenvalue weighted by Crippen LogP contribution is -2.20. The Morgan fingerprint density at radius 1 is 1.44 bits per heavy atom. The maximum atomic E-state index is 5.75. The van der Waals surface area contributed by atoms with Crippen molar-refractivity contribution in [2.75, 3.05) is 5.73 Å². The Kier molecular flexibility index (Phi) is 1.92. The van der Waals surface area contributed by atoms with Crippen molar-refractivity contribution in [3.63, 3.8) is 0 Å². The minimum absolute atomic E-state index is 0.495. The molecule has 0 bridgehead atoms. The summed E-state index contributed by atoms with van der Waals surface area (Å²) in [5, 5.41) is 5.14. The minimum Gasteiger partial charge on any atom is -0.383 e. The molecule has 0 spiro atoms. The summed E-state index contributed by atoms with van der Waals surface area (Å²) in [4.78, 5) is 8.16. The molecule has 0 unspecified atom stereocenters. The molecule has 0 atom stereocenters. The first-order valence-electron chi connectivity index (χ1n) is 5.32. The van der Waals surface area contributed by atoms with Gasteiger partial charge in [0, 0.05) is 6.54 Å². The average molecular weight is 215 g/mol. The standard InChI is InChI=1S/C11H13N5/c1-7-2-8(3-7)5-16-11-9(4-15-16)10(12)13-6-14-11/h4,6,8H,1-3,5H2,(H2,12,13,14). The molecule has 0 aromatic carbocycles. The van der Waals surface area contributed by atoms with Crippen LogP contribution in [0, 0.1) is 5.92 Å². The smallest absolute Gasteiger partial charge is 0.163 e. The van der Waals surface area contributed by atoms with Gasteiger partial charge in [-0.15, -0.1) is 0 Å². The molecule has 1 saturated carbocycles. The third kappa shape index (κ3) is 1.36. The molecule has 2 aromatic rings. The van der Waals surface area contributed by atoms with Gasteiger partial charge >= 0.3 is 0 Å². The first-order chi connectivity index (χ1) is 7.74. The predicted molar refractivity (Wildman–Crippen MR) is 61.6 cm³/mol. The van der Waals surface area contributed by atoms with E-state index in [4.69, 9.17) is 5.73 Å². The number of hydrogen-bond acceptors (Lipinski definition) is 4. The Balaban J connectivity index is 1.92. The van der Waals surface area contributed by atoms with Crippen LogP contribution < -0.4 is 5.73 Å². The van der Waals surface area contributed by atoms with Crippen molar-refractivity contribution >= 4 is 16.9 Å². The van der Waals surface area contributed by atoms with Crippen LogP contribution in [0.4, 0.5) is 5.82 Å². The summed E-state index contributed by atoms with van der Waals surface area (Å²) in [6, 6.07) is 0. The fraction of sp³-hybridized carbons (Fsp3) is 0.364. The van der Waals surface area contributed by atoms with Crippen molar-refractivity contribution < 1.29 is 0 Å². The highest BCUT2D eigenvalue weighted by Crippen LogP contribution is 2.33. The zero-order chi connectivity index (χ0) is 11.1. The molecule has 1 aliphatic carbocycles. The second-order valence-corrected chi connectivity index (χ2v) is 4.35. The quantitative estimate of drug-likeness (QED) is 0.768. The molecule has 5 nitrogen and oxygen atoms in total. The summed E-state index contributed by atoms with van der Waals surface area (Å²) in [6.45, 7) is 4.83. The summed E-state index contributed by atoms with van der Waals surface area (Å²) in [6.07, 6.45) is 5.41. The van der Waals surface area contributed by atoms with Gasteiger partial charge in [0.1, 0.15) is 12.1 Å². The van der Waals surface area contributed by atoms with E-state index in [1.165, 1.54) is 11.9 Å². The third-order valence-corrected chi connectivity index (χ3v) is 3.05. The maximum absolute atomic E-state index is 5.75. The first-order valence-corrected chi connectivity index (χ1v) is 5.32. The van der Waals surface area contributed by atoms with Crippen molar-refractivity contribution in [3.8, 4) is 0 Å². The van der Waals surface area contributed by atoms with Gasteiger partial charge in [0.2, 0.25) is 0 Å². The average Bonchev–Trinajstić information content (AvgIpc) is 2.61. The van der Waals surface area contributed by atoms with Crippen LogP contribution in [0.2, 0.25) is 0 Å². The monoisotopic (exact) mass is 215 g/mol. The van der Waals surface area contributed by atoms with Gasteiger partial charge in [-0.25, -0.2) is 14.6 Å². The van der Waals surface area contributed by atoms with Gasteiger partial charge in [0.05, 0.1) is 11.6 Å². The molecule has 3 rings (SSSR count). The number of rotatable bonds is 2. The molecule has 2 aromatic heterocycles. The van der Waals surface area contributed by atoms with Gasteiger partial charge in [0.25, 0.3) is 0 Å². The largest absolute Gasteiger partial charge is 0.383 e. The molecule has 82 valence electrons. The van der Waals surface area contributed by atoms with Gasteiger partial charge in [-0.05, 0) is 18.8 Å². The summed E-state index contributed by atoms with van der Waals surface area (Å²) in [5.41, 5.74) is 7.90. The molecule has 1 fully saturated rings. The number of nitrogens with two attached hydrogens (primary N) is 1. The third-order valence-electron chi connectivity index (χ3n) is 3.05. The fourth-order valence-electron chi connectivity index (χ4n) is 2.18. The molecule has 0 radical (unpaired) electrons. The highest BCUT2D eigenvalue weighted by molar-refractivity contribution is 5.84. The first kappa shape index (κ1) is 9.33. The lowest BCUT2D eigenvalue weighted by molar-refractivity contribution is 0.349. The van der Waals surface area contributed by atoms with Crippen molar-refractivity contribution in [3.05, 3.63) is 24.7 Å². The topological polar surface area (TPSA) is 69.6 Å². The maximum Gasteiger partial charge on any atom is 0.163 e. The Hall–Kier alpha value is -1.91. The summed E-state index contributed by atoms with van der Waals surface area (Å²) >= 11 is 0. The van der Waals surface area contributed by atoms with E-state index >= 15 is 0 Å². The zero-order valence-corrected chi connectivity index (χ0v) is 8.93. The van der Waals surface area contributed by atoms with E-state index in [0.29, 0.717) is 11.7 Å². The number of anilines is 1. The lowest BCUT2D eigenvalue weighted by Gasteiger charge is -2.28. The van der Waals surface area contributed by atoms with Crippen LogP contribution >= 0.6 is 0 Å². The van der Waals surface area contributed by atoms with Crippen LogP contribution in [0.15, 0.2) is 24.7 Å². The van der Waals surface area contributed by atoms with Crippen LogP contribution in [0.5, 0.6) is 0 Å². The number of aromatic nitrogens is 4. The number of nitrogen functional groups attached to an aromatic ring is 1. The molecule has 2 heterocycles. The van der Waals surface area contributed by atoms with Crippen LogP contribution in [0.3, 0.4) is 0 Å². The molecule has 2 N–H and O–H groups in total. The van der Waals surface area contributed by atoms with E-state index in [0.717, 1.165) is 30.4 Å². The Bertz CT molecular complexity index is 549. The van der Waals surface area contributed by atoms with E-state index in [1.54, 1.807) is 6.20 Å². The predicted octanol–water partition coefficient (Wildman–Crippen LogP) is 1.37. The summed E-state index contributed by atoms with van der Waals surface area (Å²) in [7, 11) is 0. The highest BCUT2D eigenvalue weighted by Gasteiger charge is 2.23. The Labute approximate surface area is 93.0 Å². The molecule has 0 amide bonds. The Morgan fingerprint density at radius 2 is 2.25 bits per heavy atom. The number of fused-ring (bicyclic) bond motifs is 1. The molecule has 16 heavy (non-hydrogen) atoms. The van der Waals surface area contributed by atoms with Crippen LogP contribution in [-0.4, -0.2) is 19.7 Å². The highest BCUT2D eigenvalue weighted by atomic mass is 15.3. The molecule has 5 heteroatoms.